The van der Waals surface area contributed by atoms with E-state index in [-0.39, 0.29) is 42.6 Å². The van der Waals surface area contributed by atoms with Gasteiger partial charge >= 0.3 is 5.97 Å². The Bertz CT molecular complexity index is 748. The van der Waals surface area contributed by atoms with Gasteiger partial charge in [-0.1, -0.05) is 51.2 Å². The van der Waals surface area contributed by atoms with Crippen LogP contribution in [0.2, 0.25) is 0 Å². The number of rotatable bonds is 18. The molecule has 2 saturated heterocycles. The van der Waals surface area contributed by atoms with Gasteiger partial charge < -0.3 is 33.5 Å². The van der Waals surface area contributed by atoms with Crippen molar-refractivity contribution in [3.8, 4) is 0 Å². The lowest BCUT2D eigenvalue weighted by Crippen LogP contribution is -2.45. The molecular formula is C33H58O8. The molecule has 238 valence electrons. The third-order valence-corrected chi connectivity index (χ3v) is 9.29. The van der Waals surface area contributed by atoms with E-state index in [2.05, 4.69) is 26.0 Å². The first kappa shape index (κ1) is 34.5. The fraction of sp³-hybridized carbons (Fsp3) is 0.909. The SMILES string of the molecule is CCCCC(C)(OC)C(/C=C/[C@@H]1[C@@H](CCCCCCC(=O)OC)[C@@H](O)C[C@H]1OC1CCCCO1)OC1CCCCO1. The highest BCUT2D eigenvalue weighted by atomic mass is 16.7. The Morgan fingerprint density at radius 1 is 1.00 bits per heavy atom. The molecule has 41 heavy (non-hydrogen) atoms. The molecule has 1 aliphatic carbocycles. The Hall–Kier alpha value is -1.03. The molecule has 0 aromatic heterocycles. The summed E-state index contributed by atoms with van der Waals surface area (Å²) >= 11 is 0. The standard InChI is InChI=1S/C33H58O8/c1-5-6-21-33(2,37-4)29(41-32-18-12-14-23-39-32)20-19-26-25(15-9-7-8-10-16-30(35)36-3)27(34)24-28(26)40-31-17-11-13-22-38-31/h19-20,25-29,31-32,34H,5-18,21-24H2,1-4H3/b20-19+/t25-,26-,27+,28-,29?,31?,32?,33?/m1/s1. The minimum absolute atomic E-state index is 0.0521. The number of ether oxygens (including phenoxy) is 6. The molecule has 4 unspecified atom stereocenters. The van der Waals surface area contributed by atoms with E-state index in [1.165, 1.54) is 7.11 Å². The molecule has 0 aromatic rings. The number of aliphatic hydroxyl groups excluding tert-OH is 1. The van der Waals surface area contributed by atoms with E-state index in [1.807, 2.05) is 0 Å². The second-order valence-corrected chi connectivity index (χ2v) is 12.4. The predicted octanol–water partition coefficient (Wildman–Crippen LogP) is 6.47. The highest BCUT2D eigenvalue weighted by molar-refractivity contribution is 5.68. The van der Waals surface area contributed by atoms with Crippen LogP contribution in [0.25, 0.3) is 0 Å². The molecular weight excluding hydrogens is 524 g/mol. The van der Waals surface area contributed by atoms with Gasteiger partial charge in [-0.05, 0) is 70.6 Å². The van der Waals surface area contributed by atoms with Crippen LogP contribution in [0.5, 0.6) is 0 Å². The number of methoxy groups -OCH3 is 2. The second kappa shape index (κ2) is 18.6. The molecule has 8 heteroatoms. The van der Waals surface area contributed by atoms with Crippen molar-refractivity contribution < 1.29 is 38.3 Å². The van der Waals surface area contributed by atoms with Gasteiger partial charge in [0.2, 0.25) is 0 Å². The van der Waals surface area contributed by atoms with Gasteiger partial charge in [0.25, 0.3) is 0 Å². The molecule has 1 saturated carbocycles. The first-order valence-electron chi connectivity index (χ1n) is 16.4. The van der Waals surface area contributed by atoms with E-state index in [9.17, 15) is 9.90 Å². The maximum Gasteiger partial charge on any atom is 0.305 e. The quantitative estimate of drug-likeness (QED) is 0.112. The molecule has 3 aliphatic rings. The summed E-state index contributed by atoms with van der Waals surface area (Å²) in [5.74, 6) is -0.00328. The molecule has 3 rings (SSSR count). The van der Waals surface area contributed by atoms with Crippen LogP contribution in [0.3, 0.4) is 0 Å². The van der Waals surface area contributed by atoms with Gasteiger partial charge in [-0.15, -0.1) is 0 Å². The third-order valence-electron chi connectivity index (χ3n) is 9.29. The summed E-state index contributed by atoms with van der Waals surface area (Å²) in [6, 6.07) is 0. The van der Waals surface area contributed by atoms with Gasteiger partial charge in [0, 0.05) is 39.1 Å². The summed E-state index contributed by atoms with van der Waals surface area (Å²) in [5.41, 5.74) is -0.484. The van der Waals surface area contributed by atoms with Crippen LogP contribution in [0.4, 0.5) is 0 Å². The molecule has 2 heterocycles. The van der Waals surface area contributed by atoms with E-state index in [1.54, 1.807) is 7.11 Å². The molecule has 0 bridgehead atoms. The summed E-state index contributed by atoms with van der Waals surface area (Å²) in [6.45, 7) is 5.80. The van der Waals surface area contributed by atoms with Crippen LogP contribution in [0.15, 0.2) is 12.2 Å². The van der Waals surface area contributed by atoms with Crippen molar-refractivity contribution in [3.63, 3.8) is 0 Å². The lowest BCUT2D eigenvalue weighted by atomic mass is 9.86. The van der Waals surface area contributed by atoms with Crippen LogP contribution < -0.4 is 0 Å². The molecule has 0 aromatic carbocycles. The number of carbonyl (C=O) groups excluding carboxylic acids is 1. The van der Waals surface area contributed by atoms with Gasteiger partial charge in [0.1, 0.15) is 6.10 Å². The molecule has 8 nitrogen and oxygen atoms in total. The Morgan fingerprint density at radius 2 is 1.71 bits per heavy atom. The van der Waals surface area contributed by atoms with Crippen molar-refractivity contribution in [1.29, 1.82) is 0 Å². The van der Waals surface area contributed by atoms with Gasteiger partial charge in [0.05, 0.1) is 24.9 Å². The zero-order valence-electron chi connectivity index (χ0n) is 26.2. The van der Waals surface area contributed by atoms with Crippen molar-refractivity contribution in [3.05, 3.63) is 12.2 Å². The number of unbranched alkanes of at least 4 members (excludes halogenated alkanes) is 4. The Morgan fingerprint density at radius 3 is 2.34 bits per heavy atom. The lowest BCUT2D eigenvalue weighted by molar-refractivity contribution is -0.218. The summed E-state index contributed by atoms with van der Waals surface area (Å²) in [7, 11) is 3.21. The summed E-state index contributed by atoms with van der Waals surface area (Å²) in [6.07, 6.45) is 18.2. The van der Waals surface area contributed by atoms with Gasteiger partial charge in [-0.3, -0.25) is 4.79 Å². The topological polar surface area (TPSA) is 92.7 Å². The number of hydrogen-bond donors (Lipinski definition) is 1. The normalized spacial score (nSPS) is 31.2. The third kappa shape index (κ3) is 11.2. The van der Waals surface area contributed by atoms with Gasteiger partial charge in [-0.2, -0.15) is 0 Å². The molecule has 0 spiro atoms. The van der Waals surface area contributed by atoms with Crippen LogP contribution in [0.1, 0.15) is 117 Å². The minimum atomic E-state index is -0.484. The molecule has 1 N–H and O–H groups in total. The predicted molar refractivity (Wildman–Crippen MR) is 158 cm³/mol. The van der Waals surface area contributed by atoms with E-state index in [0.717, 1.165) is 103 Å². The first-order valence-corrected chi connectivity index (χ1v) is 16.4. The van der Waals surface area contributed by atoms with E-state index in [0.29, 0.717) is 12.8 Å². The fourth-order valence-electron chi connectivity index (χ4n) is 6.51. The average Bonchev–Trinajstić information content (AvgIpc) is 3.29. The monoisotopic (exact) mass is 582 g/mol. The fourth-order valence-corrected chi connectivity index (χ4v) is 6.51. The maximum atomic E-state index is 11.4. The van der Waals surface area contributed by atoms with E-state index < -0.39 is 11.7 Å². The van der Waals surface area contributed by atoms with E-state index >= 15 is 0 Å². The van der Waals surface area contributed by atoms with Crippen molar-refractivity contribution in [2.75, 3.05) is 27.4 Å². The van der Waals surface area contributed by atoms with Gasteiger partial charge in [-0.25, -0.2) is 0 Å². The zero-order valence-corrected chi connectivity index (χ0v) is 26.2. The van der Waals surface area contributed by atoms with Crippen molar-refractivity contribution >= 4 is 5.97 Å². The molecule has 8 atom stereocenters. The molecule has 0 amide bonds. The molecule has 0 radical (unpaired) electrons. The number of aliphatic hydroxyl groups is 1. The van der Waals surface area contributed by atoms with Crippen molar-refractivity contribution in [2.24, 2.45) is 11.8 Å². The Kier molecular flexibility index (Phi) is 15.6. The summed E-state index contributed by atoms with van der Waals surface area (Å²) in [4.78, 5) is 11.4. The first-order chi connectivity index (χ1) is 19.9. The lowest BCUT2D eigenvalue weighted by Gasteiger charge is -2.38. The van der Waals surface area contributed by atoms with Crippen molar-refractivity contribution in [1.82, 2.24) is 0 Å². The van der Waals surface area contributed by atoms with Crippen LogP contribution in [0, 0.1) is 11.8 Å². The Balaban J connectivity index is 1.73. The largest absolute Gasteiger partial charge is 0.469 e. The van der Waals surface area contributed by atoms with Crippen molar-refractivity contribution in [2.45, 2.75) is 153 Å². The minimum Gasteiger partial charge on any atom is -0.469 e. The molecule has 2 aliphatic heterocycles. The van der Waals surface area contributed by atoms with Crippen LogP contribution in [-0.4, -0.2) is 75.0 Å². The van der Waals surface area contributed by atoms with Gasteiger partial charge in [0.15, 0.2) is 12.6 Å². The molecule has 3 fully saturated rings. The average molecular weight is 583 g/mol. The van der Waals surface area contributed by atoms with Crippen LogP contribution in [-0.2, 0) is 33.2 Å². The summed E-state index contributed by atoms with van der Waals surface area (Å²) < 4.78 is 35.9. The van der Waals surface area contributed by atoms with Crippen LogP contribution >= 0.6 is 0 Å². The number of esters is 1. The zero-order chi connectivity index (χ0) is 29.5. The highest BCUT2D eigenvalue weighted by Gasteiger charge is 2.43. The Labute approximate surface area is 248 Å². The highest BCUT2D eigenvalue weighted by Crippen LogP contribution is 2.41. The number of carbonyl (C=O) groups is 1. The number of hydrogen-bond acceptors (Lipinski definition) is 8. The van der Waals surface area contributed by atoms with E-state index in [4.69, 9.17) is 28.4 Å². The summed E-state index contributed by atoms with van der Waals surface area (Å²) in [5, 5.41) is 11.2. The maximum absolute atomic E-state index is 11.4. The second-order valence-electron chi connectivity index (χ2n) is 12.4. The smallest absolute Gasteiger partial charge is 0.305 e.